The Morgan fingerprint density at radius 3 is 0.786 bits per heavy atom. The quantitative estimate of drug-likeness (QED) is 0.217. The zero-order valence-corrected chi connectivity index (χ0v) is 16.5. The van der Waals surface area contributed by atoms with Crippen molar-refractivity contribution in [3.63, 3.8) is 0 Å². The molecule has 0 saturated heterocycles. The van der Waals surface area contributed by atoms with Gasteiger partial charge in [-0.15, -0.1) is 0 Å². The molecule has 28 heavy (non-hydrogen) atoms. The SMILES string of the molecule is NCCCCCCN.O=C(O)CCCCC(=O)O.O=C(O)CCCCC(=O)O. The van der Waals surface area contributed by atoms with E-state index in [-0.39, 0.29) is 25.7 Å². The number of carbonyl (C=O) groups is 4. The number of aliphatic carboxylic acids is 4. The van der Waals surface area contributed by atoms with Gasteiger partial charge in [-0.2, -0.15) is 0 Å². The largest absolute Gasteiger partial charge is 0.481 e. The van der Waals surface area contributed by atoms with Crippen molar-refractivity contribution in [1.82, 2.24) is 0 Å². The number of carboxylic acid groups (broad SMARTS) is 4. The standard InChI is InChI=1S/C6H16N2.2C6H10O4/c7-5-3-1-2-4-6-8;2*7-5(8)3-1-2-4-6(9)10/h1-8H2;2*1-4H2,(H,7,8)(H,9,10). The third kappa shape index (κ3) is 43.8. The van der Waals surface area contributed by atoms with Gasteiger partial charge in [-0.3, -0.25) is 19.2 Å². The molecule has 0 atom stereocenters. The molecular formula is C18H36N2O8. The summed E-state index contributed by atoms with van der Waals surface area (Å²) in [6.45, 7) is 1.65. The fraction of sp³-hybridized carbons (Fsp3) is 0.778. The molecule has 0 aliphatic carbocycles. The zero-order chi connectivity index (χ0) is 22.2. The molecule has 0 unspecified atom stereocenters. The van der Waals surface area contributed by atoms with Crippen LogP contribution in [0.2, 0.25) is 0 Å². The first-order valence-electron chi connectivity index (χ1n) is 9.44. The van der Waals surface area contributed by atoms with Gasteiger partial charge in [0.1, 0.15) is 0 Å². The smallest absolute Gasteiger partial charge is 0.303 e. The number of carboxylic acids is 4. The van der Waals surface area contributed by atoms with Gasteiger partial charge in [-0.05, 0) is 51.6 Å². The Morgan fingerprint density at radius 2 is 0.643 bits per heavy atom. The lowest BCUT2D eigenvalue weighted by atomic mass is 10.2. The highest BCUT2D eigenvalue weighted by Gasteiger charge is 1.99. The first kappa shape index (κ1) is 30.5. The molecule has 0 aliphatic heterocycles. The Kier molecular flexibility index (Phi) is 27.0. The van der Waals surface area contributed by atoms with Crippen LogP contribution in [0.4, 0.5) is 0 Å². The fourth-order valence-electron chi connectivity index (χ4n) is 1.75. The summed E-state index contributed by atoms with van der Waals surface area (Å²) in [5, 5.41) is 32.5. The van der Waals surface area contributed by atoms with E-state index >= 15 is 0 Å². The molecule has 10 heteroatoms. The lowest BCUT2D eigenvalue weighted by Gasteiger charge is -1.94. The lowest BCUT2D eigenvalue weighted by molar-refractivity contribution is -0.139. The van der Waals surface area contributed by atoms with Crippen molar-refractivity contribution in [3.8, 4) is 0 Å². The van der Waals surface area contributed by atoms with E-state index in [0.717, 1.165) is 25.9 Å². The summed E-state index contributed by atoms with van der Waals surface area (Å²) in [4.78, 5) is 39.6. The maximum Gasteiger partial charge on any atom is 0.303 e. The molecular weight excluding hydrogens is 372 g/mol. The van der Waals surface area contributed by atoms with E-state index in [1.165, 1.54) is 12.8 Å². The zero-order valence-electron chi connectivity index (χ0n) is 16.5. The molecule has 166 valence electrons. The average Bonchev–Trinajstić information content (AvgIpc) is 2.60. The number of hydrogen-bond acceptors (Lipinski definition) is 6. The van der Waals surface area contributed by atoms with Crippen LogP contribution in [-0.2, 0) is 19.2 Å². The molecule has 0 fully saturated rings. The van der Waals surface area contributed by atoms with Gasteiger partial charge in [0.05, 0.1) is 0 Å². The third-order valence-electron chi connectivity index (χ3n) is 3.22. The maximum atomic E-state index is 9.90. The van der Waals surface area contributed by atoms with Crippen molar-refractivity contribution in [2.45, 2.75) is 77.0 Å². The summed E-state index contributed by atoms with van der Waals surface area (Å²) in [5.74, 6) is -3.48. The van der Waals surface area contributed by atoms with Crippen molar-refractivity contribution in [2.24, 2.45) is 11.5 Å². The highest BCUT2D eigenvalue weighted by atomic mass is 16.4. The summed E-state index contributed by atoms with van der Waals surface area (Å²) in [7, 11) is 0. The minimum atomic E-state index is -0.870. The van der Waals surface area contributed by atoms with Crippen LogP contribution in [0, 0.1) is 0 Å². The van der Waals surface area contributed by atoms with Gasteiger partial charge in [0.25, 0.3) is 0 Å². The summed E-state index contributed by atoms with van der Waals surface area (Å²) in [5.41, 5.74) is 10.6. The predicted molar refractivity (Wildman–Crippen MR) is 104 cm³/mol. The molecule has 0 aromatic heterocycles. The van der Waals surface area contributed by atoms with Crippen LogP contribution in [-0.4, -0.2) is 57.4 Å². The molecule has 0 heterocycles. The molecule has 0 aromatic rings. The van der Waals surface area contributed by atoms with Crippen LogP contribution in [0.25, 0.3) is 0 Å². The predicted octanol–water partition coefficient (Wildman–Crippen LogP) is 1.90. The van der Waals surface area contributed by atoms with Gasteiger partial charge in [0.2, 0.25) is 0 Å². The van der Waals surface area contributed by atoms with Crippen LogP contribution in [0.15, 0.2) is 0 Å². The first-order valence-corrected chi connectivity index (χ1v) is 9.44. The minimum absolute atomic E-state index is 0.0628. The topological polar surface area (TPSA) is 201 Å². The second-order valence-corrected chi connectivity index (χ2v) is 5.98. The summed E-state index contributed by atoms with van der Waals surface area (Å²) in [6.07, 6.45) is 6.83. The van der Waals surface area contributed by atoms with Crippen LogP contribution < -0.4 is 11.5 Å². The second kappa shape index (κ2) is 24.8. The Labute approximate surface area is 165 Å². The minimum Gasteiger partial charge on any atom is -0.481 e. The van der Waals surface area contributed by atoms with Gasteiger partial charge < -0.3 is 31.9 Å². The van der Waals surface area contributed by atoms with Crippen molar-refractivity contribution in [2.75, 3.05) is 13.1 Å². The molecule has 0 aromatic carbocycles. The monoisotopic (exact) mass is 408 g/mol. The molecule has 0 bridgehead atoms. The number of rotatable bonds is 15. The number of unbranched alkanes of at least 4 members (excludes halogenated alkanes) is 5. The van der Waals surface area contributed by atoms with Crippen molar-refractivity contribution in [1.29, 1.82) is 0 Å². The average molecular weight is 408 g/mol. The van der Waals surface area contributed by atoms with Gasteiger partial charge in [0, 0.05) is 25.7 Å². The summed E-state index contributed by atoms with van der Waals surface area (Å²) < 4.78 is 0. The normalized spacial score (nSPS) is 9.36. The molecule has 0 spiro atoms. The molecule has 0 radical (unpaired) electrons. The fourth-order valence-corrected chi connectivity index (χ4v) is 1.75. The van der Waals surface area contributed by atoms with Gasteiger partial charge in [-0.1, -0.05) is 12.8 Å². The highest BCUT2D eigenvalue weighted by molar-refractivity contribution is 5.68. The third-order valence-corrected chi connectivity index (χ3v) is 3.22. The van der Waals surface area contributed by atoms with Gasteiger partial charge in [-0.25, -0.2) is 0 Å². The maximum absolute atomic E-state index is 9.90. The molecule has 10 nitrogen and oxygen atoms in total. The Morgan fingerprint density at radius 1 is 0.429 bits per heavy atom. The van der Waals surface area contributed by atoms with Gasteiger partial charge in [0.15, 0.2) is 0 Å². The summed E-state index contributed by atoms with van der Waals surface area (Å²) in [6, 6.07) is 0. The number of hydrogen-bond donors (Lipinski definition) is 6. The van der Waals surface area contributed by atoms with Crippen LogP contribution in [0.5, 0.6) is 0 Å². The lowest BCUT2D eigenvalue weighted by Crippen LogP contribution is -2.00. The highest BCUT2D eigenvalue weighted by Crippen LogP contribution is 1.99. The molecule has 0 rings (SSSR count). The molecule has 0 aliphatic rings. The van der Waals surface area contributed by atoms with Crippen LogP contribution >= 0.6 is 0 Å². The van der Waals surface area contributed by atoms with Crippen LogP contribution in [0.3, 0.4) is 0 Å². The Balaban J connectivity index is -0.000000337. The van der Waals surface area contributed by atoms with Crippen molar-refractivity contribution in [3.05, 3.63) is 0 Å². The van der Waals surface area contributed by atoms with E-state index < -0.39 is 23.9 Å². The van der Waals surface area contributed by atoms with E-state index in [2.05, 4.69) is 0 Å². The second-order valence-electron chi connectivity index (χ2n) is 5.98. The first-order chi connectivity index (χ1) is 13.2. The van der Waals surface area contributed by atoms with E-state index in [9.17, 15) is 19.2 Å². The summed E-state index contributed by atoms with van der Waals surface area (Å²) >= 11 is 0. The Bertz CT molecular complexity index is 346. The van der Waals surface area contributed by atoms with E-state index in [1.54, 1.807) is 0 Å². The molecule has 0 amide bonds. The van der Waals surface area contributed by atoms with Crippen molar-refractivity contribution >= 4 is 23.9 Å². The van der Waals surface area contributed by atoms with E-state index in [0.29, 0.717) is 25.7 Å². The van der Waals surface area contributed by atoms with E-state index in [4.69, 9.17) is 31.9 Å². The Hall–Kier alpha value is -2.20. The molecule has 0 saturated carbocycles. The molecule has 8 N–H and O–H groups in total. The van der Waals surface area contributed by atoms with Gasteiger partial charge >= 0.3 is 23.9 Å². The van der Waals surface area contributed by atoms with E-state index in [1.807, 2.05) is 0 Å². The number of nitrogens with two attached hydrogens (primary N) is 2. The van der Waals surface area contributed by atoms with Crippen LogP contribution in [0.1, 0.15) is 77.0 Å². The van der Waals surface area contributed by atoms with Crippen molar-refractivity contribution < 1.29 is 39.6 Å².